The monoisotopic (exact) mass is 326 g/mol. The van der Waals surface area contributed by atoms with Crippen LogP contribution < -0.4 is 20.7 Å². The molecule has 2 aromatic carbocycles. The molecule has 0 spiro atoms. The predicted octanol–water partition coefficient (Wildman–Crippen LogP) is 2.89. The zero-order valence-corrected chi connectivity index (χ0v) is 12.5. The maximum atomic E-state index is 12.7. The van der Waals surface area contributed by atoms with Gasteiger partial charge in [-0.05, 0) is 30.3 Å². The normalized spacial score (nSPS) is 16.1. The fourth-order valence-electron chi connectivity index (χ4n) is 2.69. The fourth-order valence-corrected chi connectivity index (χ4v) is 2.85. The molecule has 6 nitrogen and oxygen atoms in total. The minimum absolute atomic E-state index is 0.263. The molecule has 0 atom stereocenters. The molecule has 4 rings (SSSR count). The first-order valence-electron chi connectivity index (χ1n) is 6.91. The van der Waals surface area contributed by atoms with E-state index in [1.54, 1.807) is 23.1 Å². The average Bonchev–Trinajstić information content (AvgIpc) is 2.84. The number of nitrogens with one attached hydrogen (secondary N) is 2. The highest BCUT2D eigenvalue weighted by Crippen LogP contribution is 2.40. The van der Waals surface area contributed by atoms with Crippen molar-refractivity contribution in [1.82, 2.24) is 10.9 Å². The third-order valence-corrected chi connectivity index (χ3v) is 3.89. The molecule has 0 unspecified atom stereocenters. The third kappa shape index (κ3) is 2.11. The van der Waals surface area contributed by atoms with Crippen LogP contribution in [0.2, 0.25) is 5.02 Å². The van der Waals surface area contributed by atoms with Crippen molar-refractivity contribution in [2.45, 2.75) is 0 Å². The second-order valence-electron chi connectivity index (χ2n) is 5.06. The van der Waals surface area contributed by atoms with Crippen LogP contribution in [0.4, 0.5) is 21.9 Å². The molecule has 114 valence electrons. The zero-order chi connectivity index (χ0) is 16.0. The van der Waals surface area contributed by atoms with Crippen molar-refractivity contribution in [2.24, 2.45) is 0 Å². The Bertz CT molecular complexity index is 850. The quantitative estimate of drug-likeness (QED) is 0.847. The van der Waals surface area contributed by atoms with Crippen molar-refractivity contribution in [3.63, 3.8) is 0 Å². The maximum absolute atomic E-state index is 12.7. The van der Waals surface area contributed by atoms with Gasteiger partial charge in [0.2, 0.25) is 0 Å². The van der Waals surface area contributed by atoms with Crippen LogP contribution in [0.25, 0.3) is 0 Å². The number of rotatable bonds is 1. The molecule has 0 radical (unpaired) electrons. The Labute approximate surface area is 136 Å². The van der Waals surface area contributed by atoms with Gasteiger partial charge in [-0.15, -0.1) is 0 Å². The van der Waals surface area contributed by atoms with Crippen LogP contribution in [0.15, 0.2) is 60.4 Å². The number of nitrogens with zero attached hydrogens (tertiary/aromatic N) is 2. The molecule has 0 saturated carbocycles. The summed E-state index contributed by atoms with van der Waals surface area (Å²) in [6.45, 7) is 0. The summed E-state index contributed by atoms with van der Waals surface area (Å²) in [7, 11) is 0. The van der Waals surface area contributed by atoms with E-state index in [1.165, 1.54) is 11.0 Å². The Hall–Kier alpha value is -2.99. The molecule has 2 aliphatic heterocycles. The van der Waals surface area contributed by atoms with Gasteiger partial charge in [-0.3, -0.25) is 15.1 Å². The summed E-state index contributed by atoms with van der Waals surface area (Å²) < 4.78 is 0. The van der Waals surface area contributed by atoms with Gasteiger partial charge >= 0.3 is 6.03 Å². The Morgan fingerprint density at radius 3 is 2.43 bits per heavy atom. The largest absolute Gasteiger partial charge is 0.346 e. The number of amides is 3. The summed E-state index contributed by atoms with van der Waals surface area (Å²) >= 11 is 6.10. The number of hydrogen-bond donors (Lipinski definition) is 2. The van der Waals surface area contributed by atoms with Crippen LogP contribution in [0.5, 0.6) is 0 Å². The molecule has 7 heteroatoms. The van der Waals surface area contributed by atoms with Crippen molar-refractivity contribution in [2.75, 3.05) is 9.80 Å². The summed E-state index contributed by atoms with van der Waals surface area (Å²) in [6.07, 6.45) is 1.37. The Morgan fingerprint density at radius 1 is 0.870 bits per heavy atom. The molecular weight excluding hydrogens is 316 g/mol. The number of hydrogen-bond acceptors (Lipinski definition) is 3. The molecule has 1 saturated heterocycles. The lowest BCUT2D eigenvalue weighted by Gasteiger charge is -2.24. The number of hydrazine groups is 1. The van der Waals surface area contributed by atoms with E-state index in [0.717, 1.165) is 0 Å². The second-order valence-corrected chi connectivity index (χ2v) is 5.50. The number of halogens is 1. The molecule has 2 heterocycles. The highest BCUT2D eigenvalue weighted by molar-refractivity contribution is 6.31. The first-order valence-corrected chi connectivity index (χ1v) is 7.29. The van der Waals surface area contributed by atoms with Gasteiger partial charge in [-0.25, -0.2) is 15.1 Å². The smallest absolute Gasteiger partial charge is 0.281 e. The number of anilines is 3. The summed E-state index contributed by atoms with van der Waals surface area (Å²) in [6, 6.07) is 13.9. The van der Waals surface area contributed by atoms with Gasteiger partial charge in [0.1, 0.15) is 5.82 Å². The van der Waals surface area contributed by atoms with Crippen molar-refractivity contribution >= 4 is 40.6 Å². The Balaban J connectivity index is 1.98. The zero-order valence-electron chi connectivity index (χ0n) is 11.8. The molecule has 3 amide bonds. The van der Waals surface area contributed by atoms with Gasteiger partial charge in [-0.2, -0.15) is 0 Å². The lowest BCUT2D eigenvalue weighted by Crippen LogP contribution is -2.30. The van der Waals surface area contributed by atoms with Crippen LogP contribution in [-0.2, 0) is 4.79 Å². The van der Waals surface area contributed by atoms with Crippen LogP contribution in [0, 0.1) is 0 Å². The number of carbonyl (C=O) groups is 2. The standard InChI is InChI=1S/C16H11ClN4O2/c17-10-6-7-12-13(8-10)21-14(18-19-16(21)23)9-15(22)20(12)11-4-2-1-3-5-11/h1-9,18H,(H,19,23). The summed E-state index contributed by atoms with van der Waals surface area (Å²) in [5, 5.41) is 0.477. The van der Waals surface area contributed by atoms with Gasteiger partial charge in [0.25, 0.3) is 5.91 Å². The van der Waals surface area contributed by atoms with Crippen LogP contribution in [0.1, 0.15) is 0 Å². The lowest BCUT2D eigenvalue weighted by molar-refractivity contribution is -0.113. The van der Waals surface area contributed by atoms with Gasteiger partial charge in [0.05, 0.1) is 11.4 Å². The van der Waals surface area contributed by atoms with E-state index in [4.69, 9.17) is 11.6 Å². The van der Waals surface area contributed by atoms with E-state index in [0.29, 0.717) is 27.9 Å². The molecule has 2 aromatic rings. The number of carbonyl (C=O) groups excluding carboxylic acids is 2. The van der Waals surface area contributed by atoms with Crippen LogP contribution >= 0.6 is 11.6 Å². The molecule has 23 heavy (non-hydrogen) atoms. The molecule has 2 aliphatic rings. The van der Waals surface area contributed by atoms with E-state index >= 15 is 0 Å². The summed E-state index contributed by atoms with van der Waals surface area (Å²) in [5.74, 6) is 0.100. The van der Waals surface area contributed by atoms with Crippen molar-refractivity contribution < 1.29 is 9.59 Å². The van der Waals surface area contributed by atoms with E-state index < -0.39 is 0 Å². The van der Waals surface area contributed by atoms with Gasteiger partial charge in [-0.1, -0.05) is 29.8 Å². The van der Waals surface area contributed by atoms with Crippen LogP contribution in [0.3, 0.4) is 0 Å². The number of fused-ring (bicyclic) bond motifs is 3. The molecule has 0 bridgehead atoms. The van der Waals surface area contributed by atoms with E-state index in [2.05, 4.69) is 10.9 Å². The van der Waals surface area contributed by atoms with Gasteiger partial charge in [0, 0.05) is 16.8 Å². The Kier molecular flexibility index (Phi) is 2.99. The SMILES string of the molecule is O=C1NNC2=CC(=O)N(c3ccccc3)c3ccc(Cl)cc3N12. The third-order valence-electron chi connectivity index (χ3n) is 3.66. The second kappa shape index (κ2) is 5.03. The van der Waals surface area contributed by atoms with Crippen molar-refractivity contribution in [3.8, 4) is 0 Å². The number of para-hydroxylation sites is 1. The fraction of sp³-hybridized carbons (Fsp3) is 0. The van der Waals surface area contributed by atoms with Crippen molar-refractivity contribution in [3.05, 3.63) is 65.5 Å². The summed E-state index contributed by atoms with van der Waals surface area (Å²) in [5.41, 5.74) is 7.00. The van der Waals surface area contributed by atoms with Crippen molar-refractivity contribution in [1.29, 1.82) is 0 Å². The molecule has 1 fully saturated rings. The Morgan fingerprint density at radius 2 is 1.65 bits per heavy atom. The highest BCUT2D eigenvalue weighted by Gasteiger charge is 2.35. The minimum Gasteiger partial charge on any atom is -0.281 e. The number of benzene rings is 2. The maximum Gasteiger partial charge on any atom is 0.346 e. The topological polar surface area (TPSA) is 64.7 Å². The van der Waals surface area contributed by atoms with Crippen LogP contribution in [-0.4, -0.2) is 11.9 Å². The van der Waals surface area contributed by atoms with E-state index in [9.17, 15) is 9.59 Å². The highest BCUT2D eigenvalue weighted by atomic mass is 35.5. The molecule has 2 N–H and O–H groups in total. The molecular formula is C16H11ClN4O2. The minimum atomic E-state index is -0.373. The summed E-state index contributed by atoms with van der Waals surface area (Å²) in [4.78, 5) is 27.8. The van der Waals surface area contributed by atoms with E-state index in [-0.39, 0.29) is 11.9 Å². The predicted molar refractivity (Wildman–Crippen MR) is 87.3 cm³/mol. The lowest BCUT2D eigenvalue weighted by atomic mass is 10.2. The molecule has 0 aromatic heterocycles. The van der Waals surface area contributed by atoms with E-state index in [1.807, 2.05) is 30.3 Å². The first kappa shape index (κ1) is 13.7. The average molecular weight is 327 g/mol. The van der Waals surface area contributed by atoms with Gasteiger partial charge < -0.3 is 0 Å². The van der Waals surface area contributed by atoms with Gasteiger partial charge in [0.15, 0.2) is 0 Å². The number of urea groups is 1. The first-order chi connectivity index (χ1) is 11.1. The molecule has 0 aliphatic carbocycles.